The number of ether oxygens (including phenoxy) is 1. The van der Waals surface area contributed by atoms with Crippen LogP contribution in [0.3, 0.4) is 0 Å². The number of aliphatic carboxylic acids is 2. The zero-order valence-electron chi connectivity index (χ0n) is 29.1. The molecule has 3 N–H and O–H groups in total. The SMILES string of the molecule is CC(C)(C)c1ccc([CH]([Na])CCCCCc2ccccc2)cc1NC(=O)CC1c2ccccc2Oc2ccccc21.O=C(O)CCC(=O)O. The van der Waals surface area contributed by atoms with E-state index in [1.165, 1.54) is 42.4 Å². The molecule has 8 heteroatoms. The van der Waals surface area contributed by atoms with Crippen LogP contribution in [0.1, 0.15) is 103 Å². The van der Waals surface area contributed by atoms with Crippen LogP contribution in [-0.2, 0) is 26.2 Å². The first-order valence-corrected chi connectivity index (χ1v) is 18.4. The fraction of sp³-hybridized carbons (Fsp3) is 0.341. The average molecular weight is 672 g/mol. The monoisotopic (exact) mass is 671 g/mol. The van der Waals surface area contributed by atoms with Gasteiger partial charge in [-0.15, -0.1) is 0 Å². The predicted molar refractivity (Wildman–Crippen MR) is 195 cm³/mol. The quantitative estimate of drug-likeness (QED) is 0.0965. The van der Waals surface area contributed by atoms with Gasteiger partial charge in [-0.1, -0.05) is 0 Å². The molecule has 0 bridgehead atoms. The fourth-order valence-corrected chi connectivity index (χ4v) is 6.99. The molecule has 1 aliphatic rings. The summed E-state index contributed by atoms with van der Waals surface area (Å²) < 4.78 is 6.73. The summed E-state index contributed by atoms with van der Waals surface area (Å²) in [6, 6.07) is 33.7. The standard InChI is InChI=1S/C37H40NO2.C4H6O4.Na/c1-37(2,3)32-24-23-28(18-8-5-4-7-15-27-16-9-6-10-17-27)25-33(32)38-36(39)26-31-29-19-11-13-21-34(29)40-35-22-14-12-20-30(31)35;5-3(6)1-2-4(7)8;/h6,9-14,16-25,31H,4-5,7-8,15,26H2,1-3H3,(H,38,39);1-2H2,(H,5,6)(H,7,8);. The number of carbonyl (C=O) groups is 3. The summed E-state index contributed by atoms with van der Waals surface area (Å²) in [5, 5.41) is 19.1. The zero-order chi connectivity index (χ0) is 35.4. The van der Waals surface area contributed by atoms with Crippen LogP contribution in [0.15, 0.2) is 97.1 Å². The normalized spacial score (nSPS) is 12.8. The number of carbonyl (C=O) groups excluding carboxylic acids is 1. The predicted octanol–water partition coefficient (Wildman–Crippen LogP) is 9.20. The molecule has 4 aromatic rings. The van der Waals surface area contributed by atoms with Gasteiger partial charge in [-0.3, -0.25) is 9.59 Å². The number of anilines is 1. The van der Waals surface area contributed by atoms with Crippen molar-refractivity contribution >= 4 is 51.5 Å². The minimum absolute atomic E-state index is 0.0370. The van der Waals surface area contributed by atoms with Crippen LogP contribution < -0.4 is 10.1 Å². The summed E-state index contributed by atoms with van der Waals surface area (Å²) in [6.07, 6.45) is 5.88. The van der Waals surface area contributed by atoms with E-state index in [-0.39, 0.29) is 30.1 Å². The molecule has 1 amide bonds. The van der Waals surface area contributed by atoms with E-state index in [1.807, 2.05) is 36.4 Å². The second kappa shape index (κ2) is 18.2. The molecule has 1 aliphatic heterocycles. The molecule has 0 spiro atoms. The van der Waals surface area contributed by atoms with E-state index in [4.69, 9.17) is 14.9 Å². The molecular formula is C41H46NNaO6. The van der Waals surface area contributed by atoms with Crippen LogP contribution in [0.4, 0.5) is 5.69 Å². The number of hydrogen-bond donors (Lipinski definition) is 3. The largest absolute Gasteiger partial charge is 0.481 e. The number of unbranched alkanes of at least 4 members (excludes halogenated alkanes) is 2. The number of carboxylic acid groups (broad SMARTS) is 2. The third-order valence-corrected chi connectivity index (χ3v) is 10.1. The number of aryl methyl sites for hydroxylation is 1. The van der Waals surface area contributed by atoms with Gasteiger partial charge in [0.05, 0.1) is 12.8 Å². The second-order valence-corrected chi connectivity index (χ2v) is 15.2. The maximum atomic E-state index is 13.7. The Bertz CT molecular complexity index is 1660. The van der Waals surface area contributed by atoms with Gasteiger partial charge >= 0.3 is 276 Å². The summed E-state index contributed by atoms with van der Waals surface area (Å²) in [5.41, 5.74) is 6.98. The number of fused-ring (bicyclic) bond motifs is 2. The van der Waals surface area contributed by atoms with Crippen molar-refractivity contribution in [3.8, 4) is 11.5 Å². The van der Waals surface area contributed by atoms with Crippen LogP contribution in [-0.4, -0.2) is 56.0 Å². The van der Waals surface area contributed by atoms with Crippen molar-refractivity contribution in [1.82, 2.24) is 0 Å². The molecule has 252 valence electrons. The van der Waals surface area contributed by atoms with Crippen LogP contribution in [0.25, 0.3) is 0 Å². The Hall–Kier alpha value is -3.91. The maximum absolute atomic E-state index is 13.7. The van der Waals surface area contributed by atoms with E-state index in [0.717, 1.165) is 62.7 Å². The van der Waals surface area contributed by atoms with Crippen LogP contribution in [0.2, 0.25) is 0 Å². The van der Waals surface area contributed by atoms with Crippen molar-refractivity contribution < 1.29 is 29.3 Å². The summed E-state index contributed by atoms with van der Waals surface area (Å²) in [4.78, 5) is 33.0. The molecule has 7 nitrogen and oxygen atoms in total. The minimum atomic E-state index is -1.08. The molecule has 1 atom stereocenters. The Kier molecular flexibility index (Phi) is 14.1. The van der Waals surface area contributed by atoms with E-state index in [2.05, 4.69) is 86.8 Å². The van der Waals surface area contributed by atoms with Gasteiger partial charge < -0.3 is 10.2 Å². The summed E-state index contributed by atoms with van der Waals surface area (Å²) in [5.74, 6) is -0.484. The van der Waals surface area contributed by atoms with Gasteiger partial charge in [0, 0.05) is 0 Å². The van der Waals surface area contributed by atoms with Crippen molar-refractivity contribution in [3.05, 3.63) is 125 Å². The van der Waals surface area contributed by atoms with E-state index < -0.39 is 11.9 Å². The van der Waals surface area contributed by atoms with Gasteiger partial charge in [0.25, 0.3) is 0 Å². The minimum Gasteiger partial charge on any atom is -0.481 e. The molecule has 0 saturated heterocycles. The molecule has 0 radical (unpaired) electrons. The van der Waals surface area contributed by atoms with E-state index >= 15 is 0 Å². The topological polar surface area (TPSA) is 113 Å². The Labute approximate surface area is 307 Å². The first kappa shape index (κ1) is 37.9. The maximum Gasteiger partial charge on any atom is 0.303 e. The summed E-state index contributed by atoms with van der Waals surface area (Å²) in [6.45, 7) is 6.65. The molecular weight excluding hydrogens is 625 g/mol. The molecule has 1 heterocycles. The van der Waals surface area contributed by atoms with Gasteiger partial charge in [0.2, 0.25) is 0 Å². The molecule has 0 fully saturated rings. The van der Waals surface area contributed by atoms with Crippen LogP contribution in [0, 0.1) is 0 Å². The number of benzene rings is 4. The van der Waals surface area contributed by atoms with E-state index in [0.29, 0.717) is 9.59 Å². The first-order valence-electron chi connectivity index (χ1n) is 17.2. The van der Waals surface area contributed by atoms with Crippen LogP contribution >= 0.6 is 0 Å². The molecule has 0 aromatic heterocycles. The number of rotatable bonds is 13. The van der Waals surface area contributed by atoms with E-state index in [1.54, 1.807) is 0 Å². The number of carboxylic acids is 2. The van der Waals surface area contributed by atoms with Gasteiger partial charge in [0.1, 0.15) is 0 Å². The number of amides is 1. The second-order valence-electron chi connectivity index (χ2n) is 13.8. The Morgan fingerprint density at radius 2 is 1.35 bits per heavy atom. The van der Waals surface area contributed by atoms with Gasteiger partial charge in [-0.2, -0.15) is 0 Å². The van der Waals surface area contributed by atoms with Crippen molar-refractivity contribution in [2.75, 3.05) is 5.32 Å². The Balaban J connectivity index is 0.000000603. The van der Waals surface area contributed by atoms with Gasteiger partial charge in [-0.05, 0) is 0 Å². The smallest absolute Gasteiger partial charge is 0.303 e. The fourth-order valence-electron chi connectivity index (χ4n) is 6.22. The van der Waals surface area contributed by atoms with Crippen LogP contribution in [0.5, 0.6) is 11.5 Å². The molecule has 5 rings (SSSR count). The summed E-state index contributed by atoms with van der Waals surface area (Å²) >= 11 is 1.10. The number of hydrogen-bond acceptors (Lipinski definition) is 4. The molecule has 4 aromatic carbocycles. The van der Waals surface area contributed by atoms with Crippen molar-refractivity contribution in [3.63, 3.8) is 0 Å². The molecule has 49 heavy (non-hydrogen) atoms. The Morgan fingerprint density at radius 3 is 1.92 bits per heavy atom. The number of nitrogens with one attached hydrogen (secondary N) is 1. The Morgan fingerprint density at radius 1 is 0.776 bits per heavy atom. The van der Waals surface area contributed by atoms with Gasteiger partial charge in [-0.25, -0.2) is 0 Å². The third kappa shape index (κ3) is 11.6. The van der Waals surface area contributed by atoms with E-state index in [9.17, 15) is 14.4 Å². The van der Waals surface area contributed by atoms with Crippen molar-refractivity contribution in [2.24, 2.45) is 0 Å². The molecule has 0 saturated carbocycles. The van der Waals surface area contributed by atoms with Crippen molar-refractivity contribution in [2.45, 2.75) is 86.6 Å². The average Bonchev–Trinajstić information content (AvgIpc) is 3.07. The zero-order valence-corrected chi connectivity index (χ0v) is 31.1. The number of para-hydroxylation sites is 2. The first-order chi connectivity index (χ1) is 23.4. The molecule has 0 aliphatic carbocycles. The van der Waals surface area contributed by atoms with Gasteiger partial charge in [0.15, 0.2) is 0 Å². The molecule has 1 unspecified atom stereocenters. The van der Waals surface area contributed by atoms with Crippen molar-refractivity contribution in [1.29, 1.82) is 0 Å². The summed E-state index contributed by atoms with van der Waals surface area (Å²) in [7, 11) is 0. The third-order valence-electron chi connectivity index (χ3n) is 8.89.